The maximum atomic E-state index is 12.8. The third-order valence-corrected chi connectivity index (χ3v) is 3.67. The van der Waals surface area contributed by atoms with Crippen LogP contribution >= 0.6 is 0 Å². The van der Waals surface area contributed by atoms with Gasteiger partial charge >= 0.3 is 0 Å². The van der Waals surface area contributed by atoms with Crippen LogP contribution in [-0.4, -0.2) is 20.8 Å². The van der Waals surface area contributed by atoms with Crippen molar-refractivity contribution in [2.75, 3.05) is 5.32 Å². The Morgan fingerprint density at radius 1 is 1.00 bits per heavy atom. The van der Waals surface area contributed by atoms with Crippen LogP contribution in [0.2, 0.25) is 0 Å². The summed E-state index contributed by atoms with van der Waals surface area (Å²) < 4.78 is 1.58. The first-order valence-electron chi connectivity index (χ1n) is 7.25. The van der Waals surface area contributed by atoms with Crippen LogP contribution in [0.15, 0.2) is 72.9 Å². The van der Waals surface area contributed by atoms with Crippen molar-refractivity contribution in [1.82, 2.24) is 9.78 Å². The van der Waals surface area contributed by atoms with E-state index in [9.17, 15) is 9.90 Å². The number of anilines is 1. The van der Waals surface area contributed by atoms with E-state index in [2.05, 4.69) is 10.4 Å². The van der Waals surface area contributed by atoms with Gasteiger partial charge in [-0.15, -0.1) is 0 Å². The van der Waals surface area contributed by atoms with Gasteiger partial charge in [0.1, 0.15) is 0 Å². The summed E-state index contributed by atoms with van der Waals surface area (Å²) in [5.41, 5.74) is -0.792. The normalized spacial score (nSPS) is 11.2. The number of nitrogens with one attached hydrogen (secondary N) is 1. The number of hydrogen-bond donors (Lipinski definition) is 2. The molecule has 0 unspecified atom stereocenters. The standard InChI is InChI=1S/C18H17N3O2/c1-21-13-12-16(20-21)19-17(22)18(23,14-8-4-2-5-9-14)15-10-6-3-7-11-15/h2-13,23H,1H3,(H,19,20,22). The number of aromatic nitrogens is 2. The van der Waals surface area contributed by atoms with Crippen molar-refractivity contribution in [1.29, 1.82) is 0 Å². The third kappa shape index (κ3) is 2.86. The predicted octanol–water partition coefficient (Wildman–Crippen LogP) is 2.29. The van der Waals surface area contributed by atoms with E-state index >= 15 is 0 Å². The lowest BCUT2D eigenvalue weighted by atomic mass is 9.85. The number of nitrogens with zero attached hydrogens (tertiary/aromatic N) is 2. The van der Waals surface area contributed by atoms with Gasteiger partial charge in [-0.05, 0) is 11.1 Å². The van der Waals surface area contributed by atoms with Gasteiger partial charge in [0.25, 0.3) is 5.91 Å². The third-order valence-electron chi connectivity index (χ3n) is 3.67. The van der Waals surface area contributed by atoms with Gasteiger partial charge in [0, 0.05) is 19.3 Å². The Morgan fingerprint density at radius 3 is 1.96 bits per heavy atom. The van der Waals surface area contributed by atoms with Gasteiger partial charge in [0.2, 0.25) is 0 Å². The smallest absolute Gasteiger partial charge is 0.266 e. The first-order valence-corrected chi connectivity index (χ1v) is 7.25. The number of carbonyl (C=O) groups is 1. The van der Waals surface area contributed by atoms with Crippen molar-refractivity contribution in [3.05, 3.63) is 84.1 Å². The van der Waals surface area contributed by atoms with Gasteiger partial charge in [0.15, 0.2) is 11.4 Å². The number of carbonyl (C=O) groups excluding carboxylic acids is 1. The minimum Gasteiger partial charge on any atom is -0.372 e. The average molecular weight is 307 g/mol. The Hall–Kier alpha value is -2.92. The molecule has 3 aromatic rings. The van der Waals surface area contributed by atoms with E-state index in [-0.39, 0.29) is 0 Å². The van der Waals surface area contributed by atoms with E-state index in [1.165, 1.54) is 0 Å². The average Bonchev–Trinajstić information content (AvgIpc) is 3.00. The second-order valence-corrected chi connectivity index (χ2v) is 5.27. The minimum absolute atomic E-state index is 0.391. The summed E-state index contributed by atoms with van der Waals surface area (Å²) in [5.74, 6) is -0.156. The van der Waals surface area contributed by atoms with Crippen LogP contribution in [0.4, 0.5) is 5.82 Å². The predicted molar refractivity (Wildman–Crippen MR) is 87.7 cm³/mol. The fourth-order valence-corrected chi connectivity index (χ4v) is 2.48. The molecule has 0 radical (unpaired) electrons. The molecule has 1 amide bonds. The van der Waals surface area contributed by atoms with E-state index in [0.29, 0.717) is 16.9 Å². The molecular weight excluding hydrogens is 290 g/mol. The van der Waals surface area contributed by atoms with Crippen molar-refractivity contribution >= 4 is 11.7 Å². The first kappa shape index (κ1) is 15.0. The molecule has 1 heterocycles. The molecule has 0 aliphatic carbocycles. The van der Waals surface area contributed by atoms with Gasteiger partial charge in [0.05, 0.1) is 0 Å². The molecule has 1 aromatic heterocycles. The molecule has 5 nitrogen and oxygen atoms in total. The summed E-state index contributed by atoms with van der Waals surface area (Å²) in [6, 6.07) is 19.4. The molecule has 2 N–H and O–H groups in total. The van der Waals surface area contributed by atoms with Crippen molar-refractivity contribution in [3.63, 3.8) is 0 Å². The number of hydrogen-bond acceptors (Lipinski definition) is 3. The second kappa shape index (κ2) is 6.06. The number of aliphatic hydroxyl groups is 1. The first-order chi connectivity index (χ1) is 11.1. The molecule has 0 saturated carbocycles. The van der Waals surface area contributed by atoms with E-state index in [1.807, 2.05) is 12.1 Å². The molecule has 5 heteroatoms. The highest BCUT2D eigenvalue weighted by molar-refractivity contribution is 5.99. The Bertz CT molecular complexity index is 758. The van der Waals surface area contributed by atoms with Crippen LogP contribution in [0.5, 0.6) is 0 Å². The molecule has 3 rings (SSSR count). The molecule has 0 aliphatic rings. The van der Waals surface area contributed by atoms with Crippen LogP contribution < -0.4 is 5.32 Å². The lowest BCUT2D eigenvalue weighted by Gasteiger charge is -2.27. The molecule has 0 aliphatic heterocycles. The molecule has 23 heavy (non-hydrogen) atoms. The maximum absolute atomic E-state index is 12.8. The molecule has 0 fully saturated rings. The highest BCUT2D eigenvalue weighted by Crippen LogP contribution is 2.30. The van der Waals surface area contributed by atoms with Crippen LogP contribution in [0, 0.1) is 0 Å². The SMILES string of the molecule is Cn1ccc(NC(=O)C(O)(c2ccccc2)c2ccccc2)n1. The summed E-state index contributed by atoms with van der Waals surface area (Å²) >= 11 is 0. The molecular formula is C18H17N3O2. The lowest BCUT2D eigenvalue weighted by Crippen LogP contribution is -2.41. The van der Waals surface area contributed by atoms with Crippen LogP contribution in [0.25, 0.3) is 0 Å². The highest BCUT2D eigenvalue weighted by atomic mass is 16.3. The molecule has 0 atom stereocenters. The van der Waals surface area contributed by atoms with E-state index in [1.54, 1.807) is 72.5 Å². The van der Waals surface area contributed by atoms with E-state index in [0.717, 1.165) is 0 Å². The fraction of sp³-hybridized carbons (Fsp3) is 0.111. The monoisotopic (exact) mass is 307 g/mol. The molecule has 0 saturated heterocycles. The van der Waals surface area contributed by atoms with Gasteiger partial charge in [-0.1, -0.05) is 60.7 Å². The fourth-order valence-electron chi connectivity index (χ4n) is 2.48. The van der Waals surface area contributed by atoms with Crippen molar-refractivity contribution in [2.45, 2.75) is 5.60 Å². The summed E-state index contributed by atoms with van der Waals surface area (Å²) in [5, 5.41) is 18.0. The largest absolute Gasteiger partial charge is 0.372 e. The Balaban J connectivity index is 2.03. The summed E-state index contributed by atoms with van der Waals surface area (Å²) in [7, 11) is 1.76. The van der Waals surface area contributed by atoms with Crippen molar-refractivity contribution in [3.8, 4) is 0 Å². The molecule has 0 spiro atoms. The summed E-state index contributed by atoms with van der Waals surface area (Å²) in [6.07, 6.45) is 1.72. The summed E-state index contributed by atoms with van der Waals surface area (Å²) in [4.78, 5) is 12.8. The van der Waals surface area contributed by atoms with Crippen LogP contribution in [0.3, 0.4) is 0 Å². The van der Waals surface area contributed by atoms with Crippen LogP contribution in [0.1, 0.15) is 11.1 Å². The topological polar surface area (TPSA) is 67.2 Å². The van der Waals surface area contributed by atoms with Gasteiger partial charge in [-0.3, -0.25) is 9.48 Å². The van der Waals surface area contributed by atoms with E-state index < -0.39 is 11.5 Å². The van der Waals surface area contributed by atoms with Gasteiger partial charge < -0.3 is 10.4 Å². The zero-order chi connectivity index (χ0) is 16.3. The molecule has 116 valence electrons. The molecule has 2 aromatic carbocycles. The molecule has 0 bridgehead atoms. The Morgan fingerprint density at radius 2 is 1.52 bits per heavy atom. The lowest BCUT2D eigenvalue weighted by molar-refractivity contribution is -0.131. The summed E-state index contributed by atoms with van der Waals surface area (Å²) in [6.45, 7) is 0. The zero-order valence-electron chi connectivity index (χ0n) is 12.7. The number of amides is 1. The number of aryl methyl sites for hydroxylation is 1. The number of rotatable bonds is 4. The van der Waals surface area contributed by atoms with Gasteiger partial charge in [-0.25, -0.2) is 0 Å². The minimum atomic E-state index is -1.79. The second-order valence-electron chi connectivity index (χ2n) is 5.27. The Kier molecular flexibility index (Phi) is 3.95. The Labute approximate surface area is 134 Å². The quantitative estimate of drug-likeness (QED) is 0.777. The number of benzene rings is 2. The van der Waals surface area contributed by atoms with Crippen molar-refractivity contribution < 1.29 is 9.90 Å². The van der Waals surface area contributed by atoms with Crippen molar-refractivity contribution in [2.24, 2.45) is 7.05 Å². The maximum Gasteiger partial charge on any atom is 0.266 e. The van der Waals surface area contributed by atoms with Gasteiger partial charge in [-0.2, -0.15) is 5.10 Å². The van der Waals surface area contributed by atoms with E-state index in [4.69, 9.17) is 0 Å². The zero-order valence-corrected chi connectivity index (χ0v) is 12.7. The highest BCUT2D eigenvalue weighted by Gasteiger charge is 2.40. The van der Waals surface area contributed by atoms with Crippen LogP contribution in [-0.2, 0) is 17.4 Å².